The molecule has 0 aromatic heterocycles. The number of carbonyl (C=O) groups is 1. The molecule has 0 aliphatic carbocycles. The molecule has 4 nitrogen and oxygen atoms in total. The fourth-order valence-electron chi connectivity index (χ4n) is 3.32. The van der Waals surface area contributed by atoms with Crippen LogP contribution in [0.5, 0.6) is 0 Å². The van der Waals surface area contributed by atoms with Crippen LogP contribution in [0.1, 0.15) is 39.5 Å². The SMILES string of the molecule is CC1(C)CCCN(C2CCOCC2)C1C(=O)O. The zero-order chi connectivity index (χ0) is 12.5. The van der Waals surface area contributed by atoms with E-state index in [0.29, 0.717) is 6.04 Å². The van der Waals surface area contributed by atoms with Crippen molar-refractivity contribution in [3.05, 3.63) is 0 Å². The second-order valence-corrected chi connectivity index (χ2v) is 5.91. The van der Waals surface area contributed by atoms with Crippen LogP contribution in [-0.2, 0) is 9.53 Å². The Labute approximate surface area is 103 Å². The van der Waals surface area contributed by atoms with Crippen molar-refractivity contribution in [2.24, 2.45) is 5.41 Å². The van der Waals surface area contributed by atoms with Gasteiger partial charge in [0.2, 0.25) is 0 Å². The van der Waals surface area contributed by atoms with E-state index in [2.05, 4.69) is 18.7 Å². The Morgan fingerprint density at radius 1 is 1.35 bits per heavy atom. The molecule has 0 bridgehead atoms. The van der Waals surface area contributed by atoms with E-state index >= 15 is 0 Å². The van der Waals surface area contributed by atoms with Crippen LogP contribution in [0.2, 0.25) is 0 Å². The molecule has 0 aromatic rings. The summed E-state index contributed by atoms with van der Waals surface area (Å²) in [6, 6.07) is 0.0591. The number of rotatable bonds is 2. The highest BCUT2D eigenvalue weighted by Gasteiger charge is 2.44. The first-order valence-corrected chi connectivity index (χ1v) is 6.59. The maximum Gasteiger partial charge on any atom is 0.321 e. The van der Waals surface area contributed by atoms with Gasteiger partial charge in [0, 0.05) is 19.3 Å². The molecule has 4 heteroatoms. The van der Waals surface area contributed by atoms with Crippen molar-refractivity contribution in [2.75, 3.05) is 19.8 Å². The molecular formula is C13H23NO3. The Kier molecular flexibility index (Phi) is 3.73. The Balaban J connectivity index is 2.15. The van der Waals surface area contributed by atoms with Gasteiger partial charge in [-0.3, -0.25) is 9.69 Å². The minimum absolute atomic E-state index is 0.123. The van der Waals surface area contributed by atoms with Crippen LogP contribution in [0, 0.1) is 5.41 Å². The zero-order valence-corrected chi connectivity index (χ0v) is 10.8. The molecule has 2 rings (SSSR count). The second-order valence-electron chi connectivity index (χ2n) is 5.91. The topological polar surface area (TPSA) is 49.8 Å². The molecule has 0 saturated carbocycles. The molecule has 0 spiro atoms. The summed E-state index contributed by atoms with van der Waals surface area (Å²) < 4.78 is 5.36. The summed E-state index contributed by atoms with van der Waals surface area (Å²) in [7, 11) is 0. The predicted molar refractivity (Wildman–Crippen MR) is 65.0 cm³/mol. The van der Waals surface area contributed by atoms with E-state index in [-0.39, 0.29) is 11.5 Å². The van der Waals surface area contributed by atoms with E-state index in [1.54, 1.807) is 0 Å². The van der Waals surface area contributed by atoms with Gasteiger partial charge in [-0.2, -0.15) is 0 Å². The molecule has 17 heavy (non-hydrogen) atoms. The van der Waals surface area contributed by atoms with Crippen molar-refractivity contribution in [1.29, 1.82) is 0 Å². The van der Waals surface area contributed by atoms with E-state index < -0.39 is 5.97 Å². The molecule has 98 valence electrons. The molecule has 1 unspecified atom stereocenters. The fourth-order valence-corrected chi connectivity index (χ4v) is 3.32. The molecule has 0 radical (unpaired) electrons. The number of ether oxygens (including phenoxy) is 1. The van der Waals surface area contributed by atoms with Crippen molar-refractivity contribution in [3.63, 3.8) is 0 Å². The molecule has 1 atom stereocenters. The summed E-state index contributed by atoms with van der Waals surface area (Å²) in [5.74, 6) is -0.666. The number of carboxylic acids is 1. The molecule has 0 amide bonds. The Morgan fingerprint density at radius 3 is 2.59 bits per heavy atom. The Bertz CT molecular complexity index is 284. The maximum atomic E-state index is 11.6. The fraction of sp³-hybridized carbons (Fsp3) is 0.923. The number of carboxylic acid groups (broad SMARTS) is 1. The maximum absolute atomic E-state index is 11.6. The number of hydrogen-bond acceptors (Lipinski definition) is 3. The van der Waals surface area contributed by atoms with Crippen LogP contribution < -0.4 is 0 Å². The van der Waals surface area contributed by atoms with Crippen LogP contribution >= 0.6 is 0 Å². The number of aliphatic carboxylic acids is 1. The van der Waals surface area contributed by atoms with E-state index in [1.165, 1.54) is 0 Å². The first kappa shape index (κ1) is 12.8. The average Bonchev–Trinajstić information content (AvgIpc) is 2.28. The number of hydrogen-bond donors (Lipinski definition) is 1. The summed E-state index contributed by atoms with van der Waals surface area (Å²) >= 11 is 0. The van der Waals surface area contributed by atoms with Crippen molar-refractivity contribution in [1.82, 2.24) is 4.90 Å². The molecule has 2 saturated heterocycles. The van der Waals surface area contributed by atoms with Gasteiger partial charge in [-0.15, -0.1) is 0 Å². The highest BCUT2D eigenvalue weighted by atomic mass is 16.5. The van der Waals surface area contributed by atoms with Crippen molar-refractivity contribution < 1.29 is 14.6 Å². The predicted octanol–water partition coefficient (Wildman–Crippen LogP) is 1.74. The molecular weight excluding hydrogens is 218 g/mol. The highest BCUT2D eigenvalue weighted by Crippen LogP contribution is 2.37. The first-order chi connectivity index (χ1) is 8.02. The number of likely N-dealkylation sites (tertiary alicyclic amines) is 1. The van der Waals surface area contributed by atoms with Crippen molar-refractivity contribution in [3.8, 4) is 0 Å². The highest BCUT2D eigenvalue weighted by molar-refractivity contribution is 5.74. The molecule has 0 aromatic carbocycles. The summed E-state index contributed by atoms with van der Waals surface area (Å²) in [5.41, 5.74) is -0.123. The van der Waals surface area contributed by atoms with E-state index in [9.17, 15) is 9.90 Å². The largest absolute Gasteiger partial charge is 0.480 e. The smallest absolute Gasteiger partial charge is 0.321 e. The van der Waals surface area contributed by atoms with Crippen LogP contribution in [0.15, 0.2) is 0 Å². The van der Waals surface area contributed by atoms with Crippen molar-refractivity contribution >= 4 is 5.97 Å². The summed E-state index contributed by atoms with van der Waals surface area (Å²) in [6.07, 6.45) is 4.05. The average molecular weight is 241 g/mol. The molecule has 1 N–H and O–H groups in total. The molecule has 2 aliphatic heterocycles. The monoisotopic (exact) mass is 241 g/mol. The third-order valence-corrected chi connectivity index (χ3v) is 4.20. The van der Waals surface area contributed by atoms with Gasteiger partial charge in [0.1, 0.15) is 6.04 Å². The van der Waals surface area contributed by atoms with E-state index in [4.69, 9.17) is 4.74 Å². The van der Waals surface area contributed by atoms with Gasteiger partial charge < -0.3 is 9.84 Å². The third kappa shape index (κ3) is 2.63. The van der Waals surface area contributed by atoms with E-state index in [1.807, 2.05) is 0 Å². The lowest BCUT2D eigenvalue weighted by Gasteiger charge is -2.48. The summed E-state index contributed by atoms with van der Waals surface area (Å²) in [5, 5.41) is 9.50. The van der Waals surface area contributed by atoms with Crippen molar-refractivity contribution in [2.45, 2.75) is 51.6 Å². The summed E-state index contributed by atoms with van der Waals surface area (Å²) in [4.78, 5) is 13.8. The molecule has 2 heterocycles. The van der Waals surface area contributed by atoms with Crippen LogP contribution in [0.3, 0.4) is 0 Å². The van der Waals surface area contributed by atoms with Gasteiger partial charge in [-0.1, -0.05) is 13.8 Å². The Morgan fingerprint density at radius 2 is 2.00 bits per heavy atom. The summed E-state index contributed by atoms with van der Waals surface area (Å²) in [6.45, 7) is 6.63. The molecule has 2 fully saturated rings. The van der Waals surface area contributed by atoms with E-state index in [0.717, 1.165) is 45.4 Å². The second kappa shape index (κ2) is 4.94. The third-order valence-electron chi connectivity index (χ3n) is 4.20. The minimum atomic E-state index is -0.666. The lowest BCUT2D eigenvalue weighted by Crippen LogP contribution is -2.58. The van der Waals surface area contributed by atoms with Gasteiger partial charge in [0.05, 0.1) is 0 Å². The first-order valence-electron chi connectivity index (χ1n) is 6.59. The lowest BCUT2D eigenvalue weighted by atomic mass is 9.75. The van der Waals surface area contributed by atoms with Crippen LogP contribution in [0.25, 0.3) is 0 Å². The molecule has 2 aliphatic rings. The van der Waals surface area contributed by atoms with Gasteiger partial charge in [-0.25, -0.2) is 0 Å². The van der Waals surface area contributed by atoms with Crippen LogP contribution in [-0.4, -0.2) is 47.8 Å². The zero-order valence-electron chi connectivity index (χ0n) is 10.8. The van der Waals surface area contributed by atoms with Gasteiger partial charge >= 0.3 is 5.97 Å². The lowest BCUT2D eigenvalue weighted by molar-refractivity contribution is -0.154. The normalized spacial score (nSPS) is 31.3. The number of piperidine rings is 1. The Hall–Kier alpha value is -0.610. The van der Waals surface area contributed by atoms with Gasteiger partial charge in [0.15, 0.2) is 0 Å². The number of nitrogens with zero attached hydrogens (tertiary/aromatic N) is 1. The van der Waals surface area contributed by atoms with Gasteiger partial charge in [0.25, 0.3) is 0 Å². The standard InChI is InChI=1S/C13H23NO3/c1-13(2)6-3-7-14(11(13)12(15)16)10-4-8-17-9-5-10/h10-11H,3-9H2,1-2H3,(H,15,16). The quantitative estimate of drug-likeness (QED) is 0.800. The van der Waals surface area contributed by atoms with Gasteiger partial charge in [-0.05, 0) is 37.6 Å². The van der Waals surface area contributed by atoms with Crippen LogP contribution in [0.4, 0.5) is 0 Å². The minimum Gasteiger partial charge on any atom is -0.480 e.